The molecule has 4 nitrogen and oxygen atoms in total. The summed E-state index contributed by atoms with van der Waals surface area (Å²) in [7, 11) is 0. The number of nitrogens with zero attached hydrogens (tertiary/aromatic N) is 1. The molecule has 0 spiro atoms. The standard InChI is InChI=1S/C12H16N2O2/c1-8(2)12(15)16-10-3-4-11(14-7-10)9-5-13-6-9/h3-4,7-9,13H,5-6H2,1-2H3. The molecule has 16 heavy (non-hydrogen) atoms. The first-order valence-electron chi connectivity index (χ1n) is 5.55. The lowest BCUT2D eigenvalue weighted by Gasteiger charge is -2.26. The van der Waals surface area contributed by atoms with Crippen LogP contribution in [-0.4, -0.2) is 24.0 Å². The number of rotatable bonds is 3. The molecule has 0 atom stereocenters. The van der Waals surface area contributed by atoms with Crippen molar-refractivity contribution in [2.75, 3.05) is 13.1 Å². The Kier molecular flexibility index (Phi) is 3.19. The predicted octanol–water partition coefficient (Wildman–Crippen LogP) is 1.33. The summed E-state index contributed by atoms with van der Waals surface area (Å²) in [4.78, 5) is 15.6. The van der Waals surface area contributed by atoms with Gasteiger partial charge in [-0.2, -0.15) is 0 Å². The van der Waals surface area contributed by atoms with Crippen molar-refractivity contribution in [1.82, 2.24) is 10.3 Å². The second-order valence-corrected chi connectivity index (χ2v) is 4.35. The number of carbonyl (C=O) groups excluding carboxylic acids is 1. The van der Waals surface area contributed by atoms with Crippen molar-refractivity contribution >= 4 is 5.97 Å². The number of ether oxygens (including phenoxy) is 1. The van der Waals surface area contributed by atoms with Gasteiger partial charge in [-0.05, 0) is 12.1 Å². The van der Waals surface area contributed by atoms with Gasteiger partial charge in [0, 0.05) is 24.7 Å². The number of nitrogens with one attached hydrogen (secondary N) is 1. The lowest BCUT2D eigenvalue weighted by atomic mass is 9.99. The van der Waals surface area contributed by atoms with E-state index in [0.717, 1.165) is 18.8 Å². The molecule has 86 valence electrons. The molecule has 0 aliphatic carbocycles. The SMILES string of the molecule is CC(C)C(=O)Oc1ccc(C2CNC2)nc1. The maximum atomic E-state index is 11.3. The molecule has 0 radical (unpaired) electrons. The molecule has 2 rings (SSSR count). The average Bonchev–Trinajstić information content (AvgIpc) is 2.18. The van der Waals surface area contributed by atoms with Crippen LogP contribution in [0.4, 0.5) is 0 Å². The maximum absolute atomic E-state index is 11.3. The van der Waals surface area contributed by atoms with E-state index < -0.39 is 0 Å². The third kappa shape index (κ3) is 2.39. The third-order valence-electron chi connectivity index (χ3n) is 2.65. The predicted molar refractivity (Wildman–Crippen MR) is 60.3 cm³/mol. The van der Waals surface area contributed by atoms with Crippen molar-refractivity contribution in [2.24, 2.45) is 5.92 Å². The third-order valence-corrected chi connectivity index (χ3v) is 2.65. The fourth-order valence-corrected chi connectivity index (χ4v) is 1.43. The molecule has 4 heteroatoms. The minimum atomic E-state index is -0.222. The molecule has 1 N–H and O–H groups in total. The van der Waals surface area contributed by atoms with Crippen molar-refractivity contribution in [3.63, 3.8) is 0 Å². The van der Waals surface area contributed by atoms with Crippen LogP contribution in [-0.2, 0) is 4.79 Å². The van der Waals surface area contributed by atoms with Crippen molar-refractivity contribution in [1.29, 1.82) is 0 Å². The van der Waals surface area contributed by atoms with Gasteiger partial charge in [0.15, 0.2) is 0 Å². The zero-order chi connectivity index (χ0) is 11.5. The van der Waals surface area contributed by atoms with E-state index in [1.54, 1.807) is 12.3 Å². The first-order chi connectivity index (χ1) is 7.66. The van der Waals surface area contributed by atoms with Crippen LogP contribution in [0.5, 0.6) is 5.75 Å². The summed E-state index contributed by atoms with van der Waals surface area (Å²) in [5, 5.41) is 3.20. The maximum Gasteiger partial charge on any atom is 0.313 e. The van der Waals surface area contributed by atoms with Crippen molar-refractivity contribution in [2.45, 2.75) is 19.8 Å². The van der Waals surface area contributed by atoms with E-state index in [9.17, 15) is 4.79 Å². The van der Waals surface area contributed by atoms with Gasteiger partial charge in [-0.3, -0.25) is 9.78 Å². The van der Waals surface area contributed by atoms with E-state index in [1.165, 1.54) is 0 Å². The second-order valence-electron chi connectivity index (χ2n) is 4.35. The molecule has 2 heterocycles. The molecule has 1 aliphatic rings. The zero-order valence-corrected chi connectivity index (χ0v) is 9.56. The Morgan fingerprint density at radius 2 is 2.25 bits per heavy atom. The quantitative estimate of drug-likeness (QED) is 0.781. The number of hydrogen-bond acceptors (Lipinski definition) is 4. The van der Waals surface area contributed by atoms with E-state index in [1.807, 2.05) is 19.9 Å². The highest BCUT2D eigenvalue weighted by atomic mass is 16.5. The molecule has 1 saturated heterocycles. The molecule has 1 aliphatic heterocycles. The van der Waals surface area contributed by atoms with Crippen LogP contribution in [0.3, 0.4) is 0 Å². The highest BCUT2D eigenvalue weighted by molar-refractivity contribution is 5.74. The minimum absolute atomic E-state index is 0.115. The molecule has 0 bridgehead atoms. The summed E-state index contributed by atoms with van der Waals surface area (Å²) in [5.74, 6) is 0.694. The number of pyridine rings is 1. The van der Waals surface area contributed by atoms with E-state index in [2.05, 4.69) is 10.3 Å². The van der Waals surface area contributed by atoms with Crippen LogP contribution in [0.25, 0.3) is 0 Å². The molecule has 1 aromatic heterocycles. The molecule has 0 aromatic carbocycles. The highest BCUT2D eigenvalue weighted by Gasteiger charge is 2.20. The largest absolute Gasteiger partial charge is 0.425 e. The van der Waals surface area contributed by atoms with Crippen LogP contribution < -0.4 is 10.1 Å². The summed E-state index contributed by atoms with van der Waals surface area (Å²) in [6.07, 6.45) is 1.62. The Balaban J connectivity index is 1.98. The van der Waals surface area contributed by atoms with Crippen molar-refractivity contribution < 1.29 is 9.53 Å². The number of esters is 1. The number of aromatic nitrogens is 1. The van der Waals surface area contributed by atoms with Gasteiger partial charge < -0.3 is 10.1 Å². The summed E-state index contributed by atoms with van der Waals surface area (Å²) in [6, 6.07) is 3.73. The van der Waals surface area contributed by atoms with Gasteiger partial charge in [-0.15, -0.1) is 0 Å². The lowest BCUT2D eigenvalue weighted by molar-refractivity contribution is -0.137. The Labute approximate surface area is 95.0 Å². The molecular formula is C12H16N2O2. The van der Waals surface area contributed by atoms with Crippen LogP contribution in [0.15, 0.2) is 18.3 Å². The highest BCUT2D eigenvalue weighted by Crippen LogP contribution is 2.20. The summed E-state index contributed by atoms with van der Waals surface area (Å²) >= 11 is 0. The van der Waals surface area contributed by atoms with Crippen LogP contribution in [0.2, 0.25) is 0 Å². The van der Waals surface area contributed by atoms with Crippen LogP contribution >= 0.6 is 0 Å². The fourth-order valence-electron chi connectivity index (χ4n) is 1.43. The second kappa shape index (κ2) is 4.61. The minimum Gasteiger partial charge on any atom is -0.425 e. The Morgan fingerprint density at radius 1 is 1.50 bits per heavy atom. The van der Waals surface area contributed by atoms with Crippen molar-refractivity contribution in [3.8, 4) is 5.75 Å². The molecular weight excluding hydrogens is 204 g/mol. The first-order valence-corrected chi connectivity index (χ1v) is 5.55. The number of carbonyl (C=O) groups is 1. The van der Waals surface area contributed by atoms with Gasteiger partial charge in [-0.25, -0.2) is 0 Å². The molecule has 0 amide bonds. The Bertz CT molecular complexity index is 369. The average molecular weight is 220 g/mol. The molecule has 0 unspecified atom stereocenters. The van der Waals surface area contributed by atoms with Gasteiger partial charge in [0.1, 0.15) is 5.75 Å². The monoisotopic (exact) mass is 220 g/mol. The number of hydrogen-bond donors (Lipinski definition) is 1. The topological polar surface area (TPSA) is 51.2 Å². The van der Waals surface area contributed by atoms with Gasteiger partial charge in [0.25, 0.3) is 0 Å². The van der Waals surface area contributed by atoms with E-state index >= 15 is 0 Å². The summed E-state index contributed by atoms with van der Waals surface area (Å²) in [5.41, 5.74) is 1.06. The van der Waals surface area contributed by atoms with Gasteiger partial charge >= 0.3 is 5.97 Å². The van der Waals surface area contributed by atoms with Crippen LogP contribution in [0, 0.1) is 5.92 Å². The summed E-state index contributed by atoms with van der Waals surface area (Å²) in [6.45, 7) is 5.59. The van der Waals surface area contributed by atoms with Gasteiger partial charge in [-0.1, -0.05) is 13.8 Å². The molecule has 1 aromatic rings. The Hall–Kier alpha value is -1.42. The first kappa shape index (κ1) is 11.1. The van der Waals surface area contributed by atoms with Crippen LogP contribution in [0.1, 0.15) is 25.5 Å². The Morgan fingerprint density at radius 3 is 2.69 bits per heavy atom. The zero-order valence-electron chi connectivity index (χ0n) is 9.56. The molecule has 1 fully saturated rings. The van der Waals surface area contributed by atoms with Gasteiger partial charge in [0.2, 0.25) is 0 Å². The smallest absolute Gasteiger partial charge is 0.313 e. The normalized spacial score (nSPS) is 15.9. The van der Waals surface area contributed by atoms with E-state index in [0.29, 0.717) is 11.7 Å². The van der Waals surface area contributed by atoms with Crippen molar-refractivity contribution in [3.05, 3.63) is 24.0 Å². The molecule has 0 saturated carbocycles. The summed E-state index contributed by atoms with van der Waals surface area (Å²) < 4.78 is 5.15. The lowest BCUT2D eigenvalue weighted by Crippen LogP contribution is -2.40. The van der Waals surface area contributed by atoms with Gasteiger partial charge in [0.05, 0.1) is 12.1 Å². The fraction of sp³-hybridized carbons (Fsp3) is 0.500. The van der Waals surface area contributed by atoms with E-state index in [4.69, 9.17) is 4.74 Å². The van der Waals surface area contributed by atoms with E-state index in [-0.39, 0.29) is 11.9 Å².